The van der Waals surface area contributed by atoms with Gasteiger partial charge in [0, 0.05) is 33.1 Å². The summed E-state index contributed by atoms with van der Waals surface area (Å²) in [5, 5.41) is 8.86. The van der Waals surface area contributed by atoms with Crippen LogP contribution in [0.2, 0.25) is 0 Å². The van der Waals surface area contributed by atoms with Crippen LogP contribution in [0.4, 0.5) is 0 Å². The number of methoxy groups -OCH3 is 1. The van der Waals surface area contributed by atoms with Crippen LogP contribution in [-0.2, 0) is 16.1 Å². The first-order chi connectivity index (χ1) is 11.4. The molecule has 24 heavy (non-hydrogen) atoms. The summed E-state index contributed by atoms with van der Waals surface area (Å²) in [7, 11) is 3.30. The fraction of sp³-hybridized carbons (Fsp3) is 0.500. The van der Waals surface area contributed by atoms with Crippen molar-refractivity contribution in [3.8, 4) is 11.8 Å². The second-order valence-electron chi connectivity index (χ2n) is 6.27. The van der Waals surface area contributed by atoms with E-state index in [-0.39, 0.29) is 30.1 Å². The van der Waals surface area contributed by atoms with Gasteiger partial charge in [-0.2, -0.15) is 5.26 Å². The highest BCUT2D eigenvalue weighted by Crippen LogP contribution is 2.23. The number of carbonyl (C=O) groups excluding carboxylic acids is 2. The zero-order chi connectivity index (χ0) is 17.7. The SMILES string of the molecule is COc1ccc(CN2C[C@@H](C(=O)N(C)C[C@@H](C)C#N)CC2=O)cc1. The fourth-order valence-corrected chi connectivity index (χ4v) is 2.90. The highest BCUT2D eigenvalue weighted by atomic mass is 16.5. The van der Waals surface area contributed by atoms with Gasteiger partial charge in [-0.25, -0.2) is 0 Å². The summed E-state index contributed by atoms with van der Waals surface area (Å²) >= 11 is 0. The number of hydrogen-bond acceptors (Lipinski definition) is 4. The third-order valence-electron chi connectivity index (χ3n) is 4.24. The molecular formula is C18H23N3O3. The zero-order valence-electron chi connectivity index (χ0n) is 14.4. The van der Waals surface area contributed by atoms with E-state index < -0.39 is 0 Å². The maximum Gasteiger partial charge on any atom is 0.227 e. The van der Waals surface area contributed by atoms with Gasteiger partial charge in [0.05, 0.1) is 25.0 Å². The summed E-state index contributed by atoms with van der Waals surface area (Å²) in [5.41, 5.74) is 1.00. The summed E-state index contributed by atoms with van der Waals surface area (Å²) in [6.07, 6.45) is 0.236. The van der Waals surface area contributed by atoms with E-state index in [0.29, 0.717) is 19.6 Å². The molecule has 1 aromatic carbocycles. The van der Waals surface area contributed by atoms with E-state index >= 15 is 0 Å². The number of rotatable bonds is 6. The molecular weight excluding hydrogens is 306 g/mol. The average Bonchev–Trinajstić information content (AvgIpc) is 2.95. The Bertz CT molecular complexity index is 636. The van der Waals surface area contributed by atoms with Gasteiger partial charge < -0.3 is 14.5 Å². The Labute approximate surface area is 142 Å². The predicted octanol–water partition coefficient (Wildman–Crippen LogP) is 1.66. The van der Waals surface area contributed by atoms with Crippen LogP contribution in [0.1, 0.15) is 18.9 Å². The van der Waals surface area contributed by atoms with Crippen molar-refractivity contribution in [2.24, 2.45) is 11.8 Å². The Morgan fingerprint density at radius 3 is 2.71 bits per heavy atom. The van der Waals surface area contributed by atoms with Crippen molar-refractivity contribution < 1.29 is 14.3 Å². The maximum absolute atomic E-state index is 12.4. The molecule has 0 radical (unpaired) electrons. The normalized spacial score (nSPS) is 18.2. The van der Waals surface area contributed by atoms with E-state index in [1.54, 1.807) is 30.9 Å². The average molecular weight is 329 g/mol. The molecule has 0 unspecified atom stereocenters. The molecule has 1 aromatic rings. The molecule has 0 spiro atoms. The molecule has 0 bridgehead atoms. The lowest BCUT2D eigenvalue weighted by molar-refractivity contribution is -0.134. The molecule has 1 fully saturated rings. The van der Waals surface area contributed by atoms with Crippen molar-refractivity contribution >= 4 is 11.8 Å². The molecule has 2 rings (SSSR count). The first-order valence-corrected chi connectivity index (χ1v) is 8.00. The van der Waals surface area contributed by atoms with Gasteiger partial charge in [0.25, 0.3) is 0 Å². The van der Waals surface area contributed by atoms with Gasteiger partial charge in [-0.1, -0.05) is 12.1 Å². The Morgan fingerprint density at radius 2 is 2.12 bits per heavy atom. The topological polar surface area (TPSA) is 73.6 Å². The first-order valence-electron chi connectivity index (χ1n) is 8.00. The van der Waals surface area contributed by atoms with E-state index in [4.69, 9.17) is 10.00 Å². The minimum Gasteiger partial charge on any atom is -0.497 e. The van der Waals surface area contributed by atoms with E-state index in [2.05, 4.69) is 6.07 Å². The monoisotopic (exact) mass is 329 g/mol. The van der Waals surface area contributed by atoms with Gasteiger partial charge in [-0.3, -0.25) is 9.59 Å². The molecule has 2 amide bonds. The van der Waals surface area contributed by atoms with Gasteiger partial charge in [-0.05, 0) is 24.6 Å². The zero-order valence-corrected chi connectivity index (χ0v) is 14.4. The highest BCUT2D eigenvalue weighted by Gasteiger charge is 2.35. The number of nitriles is 1. The second-order valence-corrected chi connectivity index (χ2v) is 6.27. The van der Waals surface area contributed by atoms with Crippen LogP contribution in [0.15, 0.2) is 24.3 Å². The van der Waals surface area contributed by atoms with Crippen molar-refractivity contribution in [2.45, 2.75) is 19.9 Å². The van der Waals surface area contributed by atoms with Crippen molar-refractivity contribution in [3.63, 3.8) is 0 Å². The van der Waals surface area contributed by atoms with Crippen LogP contribution < -0.4 is 4.74 Å². The van der Waals surface area contributed by atoms with Crippen molar-refractivity contribution in [1.82, 2.24) is 9.80 Å². The second kappa shape index (κ2) is 7.82. The van der Waals surface area contributed by atoms with E-state index in [1.807, 2.05) is 24.3 Å². The fourth-order valence-electron chi connectivity index (χ4n) is 2.90. The molecule has 1 aliphatic rings. The largest absolute Gasteiger partial charge is 0.497 e. The van der Waals surface area contributed by atoms with E-state index in [0.717, 1.165) is 11.3 Å². The summed E-state index contributed by atoms with van der Waals surface area (Å²) < 4.78 is 5.12. The Balaban J connectivity index is 1.94. The molecule has 6 nitrogen and oxygen atoms in total. The van der Waals surface area contributed by atoms with Gasteiger partial charge in [-0.15, -0.1) is 0 Å². The van der Waals surface area contributed by atoms with E-state index in [1.165, 1.54) is 0 Å². The first kappa shape index (κ1) is 17.8. The van der Waals surface area contributed by atoms with E-state index in [9.17, 15) is 9.59 Å². The molecule has 1 aliphatic heterocycles. The molecule has 6 heteroatoms. The number of benzene rings is 1. The number of nitrogens with zero attached hydrogens (tertiary/aromatic N) is 3. The third kappa shape index (κ3) is 4.25. The lowest BCUT2D eigenvalue weighted by Crippen LogP contribution is -2.36. The van der Waals surface area contributed by atoms with Gasteiger partial charge in [0.1, 0.15) is 5.75 Å². The van der Waals surface area contributed by atoms with Crippen LogP contribution in [0.25, 0.3) is 0 Å². The standard InChI is InChI=1S/C18H23N3O3/c1-13(9-19)10-20(2)18(23)15-8-17(22)21(12-15)11-14-4-6-16(24-3)7-5-14/h4-7,13,15H,8,10-12H2,1-3H3/t13-,15-/m0/s1. The van der Waals surface area contributed by atoms with Crippen LogP contribution in [-0.4, -0.2) is 48.9 Å². The predicted molar refractivity (Wildman–Crippen MR) is 88.9 cm³/mol. The molecule has 1 heterocycles. The van der Waals surface area contributed by atoms with Crippen molar-refractivity contribution in [1.29, 1.82) is 5.26 Å². The number of carbonyl (C=O) groups is 2. The molecule has 0 saturated carbocycles. The number of likely N-dealkylation sites (tertiary alicyclic amines) is 1. The van der Waals surface area contributed by atoms with Crippen molar-refractivity contribution in [2.75, 3.05) is 27.2 Å². The number of amides is 2. The highest BCUT2D eigenvalue weighted by molar-refractivity contribution is 5.89. The molecule has 0 aliphatic carbocycles. The molecule has 2 atom stereocenters. The van der Waals surface area contributed by atoms with Gasteiger partial charge in [0.2, 0.25) is 11.8 Å². The van der Waals surface area contributed by atoms with Crippen LogP contribution in [0, 0.1) is 23.2 Å². The summed E-state index contributed by atoms with van der Waals surface area (Å²) in [4.78, 5) is 27.9. The Kier molecular flexibility index (Phi) is 5.80. The summed E-state index contributed by atoms with van der Waals surface area (Å²) in [6.45, 7) is 3.08. The Morgan fingerprint density at radius 1 is 1.46 bits per heavy atom. The minimum atomic E-state index is -0.327. The quantitative estimate of drug-likeness (QED) is 0.795. The molecule has 0 N–H and O–H groups in total. The number of hydrogen-bond donors (Lipinski definition) is 0. The maximum atomic E-state index is 12.4. The van der Waals surface area contributed by atoms with Crippen LogP contribution >= 0.6 is 0 Å². The lowest BCUT2D eigenvalue weighted by Gasteiger charge is -2.22. The summed E-state index contributed by atoms with van der Waals surface area (Å²) in [6, 6.07) is 9.67. The number of ether oxygens (including phenoxy) is 1. The Hall–Kier alpha value is -2.55. The van der Waals surface area contributed by atoms with Gasteiger partial charge >= 0.3 is 0 Å². The van der Waals surface area contributed by atoms with Gasteiger partial charge in [0.15, 0.2) is 0 Å². The summed E-state index contributed by atoms with van der Waals surface area (Å²) in [5.74, 6) is 0.152. The van der Waals surface area contributed by atoms with Crippen LogP contribution in [0.5, 0.6) is 5.75 Å². The van der Waals surface area contributed by atoms with Crippen molar-refractivity contribution in [3.05, 3.63) is 29.8 Å². The molecule has 0 aromatic heterocycles. The molecule has 1 saturated heterocycles. The van der Waals surface area contributed by atoms with Crippen LogP contribution in [0.3, 0.4) is 0 Å². The minimum absolute atomic E-state index is 0.00843. The lowest BCUT2D eigenvalue weighted by atomic mass is 10.1. The molecule has 128 valence electrons. The smallest absolute Gasteiger partial charge is 0.227 e. The third-order valence-corrected chi connectivity index (χ3v) is 4.24.